The van der Waals surface area contributed by atoms with Gasteiger partial charge in [0.25, 0.3) is 5.91 Å². The molecule has 1 aromatic rings. The summed E-state index contributed by atoms with van der Waals surface area (Å²) < 4.78 is 0. The van der Waals surface area contributed by atoms with E-state index in [4.69, 9.17) is 0 Å². The van der Waals surface area contributed by atoms with Crippen LogP contribution >= 0.6 is 11.3 Å². The van der Waals surface area contributed by atoms with Crippen LogP contribution in [0.3, 0.4) is 0 Å². The summed E-state index contributed by atoms with van der Waals surface area (Å²) in [6, 6.07) is 2.47. The third-order valence-electron chi connectivity index (χ3n) is 3.17. The van der Waals surface area contributed by atoms with E-state index in [0.717, 1.165) is 30.0 Å². The van der Waals surface area contributed by atoms with Crippen LogP contribution in [0.25, 0.3) is 0 Å². The third-order valence-corrected chi connectivity index (χ3v) is 4.18. The monoisotopic (exact) mass is 238 g/mol. The average molecular weight is 238 g/mol. The lowest BCUT2D eigenvalue weighted by Crippen LogP contribution is -2.46. The number of nitrogens with one attached hydrogen (secondary N) is 1. The Hall–Kier alpha value is -0.870. The van der Waals surface area contributed by atoms with Crippen LogP contribution in [0.15, 0.2) is 11.4 Å². The van der Waals surface area contributed by atoms with Gasteiger partial charge in [-0.25, -0.2) is 0 Å². The first kappa shape index (κ1) is 11.6. The van der Waals surface area contributed by atoms with Crippen LogP contribution in [0.1, 0.15) is 28.1 Å². The molecule has 1 saturated heterocycles. The lowest BCUT2D eigenvalue weighted by molar-refractivity contribution is 0.0702. The highest BCUT2D eigenvalue weighted by atomic mass is 32.1. The number of hydrogen-bond acceptors (Lipinski definition) is 3. The number of carbonyl (C=O) groups excluding carboxylic acids is 1. The van der Waals surface area contributed by atoms with E-state index < -0.39 is 0 Å². The average Bonchev–Trinajstić information content (AvgIpc) is 2.74. The quantitative estimate of drug-likeness (QED) is 0.853. The van der Waals surface area contributed by atoms with Crippen molar-refractivity contribution in [2.75, 3.05) is 20.1 Å². The second-order valence-electron chi connectivity index (χ2n) is 4.31. The summed E-state index contributed by atoms with van der Waals surface area (Å²) in [4.78, 5) is 15.1. The van der Waals surface area contributed by atoms with Crippen molar-refractivity contribution in [3.8, 4) is 0 Å². The van der Waals surface area contributed by atoms with Gasteiger partial charge in [0.15, 0.2) is 0 Å². The van der Waals surface area contributed by atoms with Crippen LogP contribution in [0, 0.1) is 6.92 Å². The van der Waals surface area contributed by atoms with Crippen LogP contribution in [-0.2, 0) is 0 Å². The SMILES string of the molecule is CNC1CCCN(C(=O)c2sccc2C)C1. The van der Waals surface area contributed by atoms with Crippen molar-refractivity contribution in [2.45, 2.75) is 25.8 Å². The van der Waals surface area contributed by atoms with Crippen molar-refractivity contribution in [2.24, 2.45) is 0 Å². The third kappa shape index (κ3) is 2.28. The molecule has 88 valence electrons. The maximum Gasteiger partial charge on any atom is 0.264 e. The number of piperidine rings is 1. The number of aryl methyl sites for hydroxylation is 1. The predicted molar refractivity (Wildman–Crippen MR) is 67.0 cm³/mol. The minimum Gasteiger partial charge on any atom is -0.336 e. The minimum absolute atomic E-state index is 0.201. The van der Waals surface area contributed by atoms with Gasteiger partial charge in [-0.15, -0.1) is 11.3 Å². The Morgan fingerprint density at radius 1 is 1.62 bits per heavy atom. The Morgan fingerprint density at radius 3 is 3.06 bits per heavy atom. The van der Waals surface area contributed by atoms with Gasteiger partial charge in [-0.05, 0) is 43.8 Å². The number of likely N-dealkylation sites (tertiary alicyclic amines) is 1. The fourth-order valence-electron chi connectivity index (χ4n) is 2.13. The molecule has 1 atom stereocenters. The highest BCUT2D eigenvalue weighted by Crippen LogP contribution is 2.20. The predicted octanol–water partition coefficient (Wildman–Crippen LogP) is 1.88. The summed E-state index contributed by atoms with van der Waals surface area (Å²) in [5.74, 6) is 0.201. The number of amides is 1. The molecule has 1 amide bonds. The molecule has 0 spiro atoms. The van der Waals surface area contributed by atoms with Crippen LogP contribution in [0.2, 0.25) is 0 Å². The first-order chi connectivity index (χ1) is 7.72. The Bertz CT molecular complexity index is 375. The molecule has 4 heteroatoms. The molecule has 16 heavy (non-hydrogen) atoms. The molecule has 3 nitrogen and oxygen atoms in total. The smallest absolute Gasteiger partial charge is 0.264 e. The van der Waals surface area contributed by atoms with Gasteiger partial charge in [0.1, 0.15) is 0 Å². The fourth-order valence-corrected chi connectivity index (χ4v) is 3.02. The summed E-state index contributed by atoms with van der Waals surface area (Å²) in [6.45, 7) is 3.74. The van der Waals surface area contributed by atoms with Crippen LogP contribution in [-0.4, -0.2) is 37.0 Å². The standard InChI is InChI=1S/C12H18N2OS/c1-9-5-7-16-11(9)12(15)14-6-3-4-10(8-14)13-2/h5,7,10,13H,3-4,6,8H2,1-2H3. The van der Waals surface area contributed by atoms with E-state index in [1.165, 1.54) is 6.42 Å². The molecule has 0 aromatic carbocycles. The van der Waals surface area contributed by atoms with Crippen molar-refractivity contribution >= 4 is 17.2 Å². The molecule has 1 fully saturated rings. The van der Waals surface area contributed by atoms with Crippen LogP contribution in [0.4, 0.5) is 0 Å². The lowest BCUT2D eigenvalue weighted by atomic mass is 10.1. The van der Waals surface area contributed by atoms with E-state index >= 15 is 0 Å². The van der Waals surface area contributed by atoms with Crippen LogP contribution < -0.4 is 5.32 Å². The van der Waals surface area contributed by atoms with Gasteiger partial charge >= 0.3 is 0 Å². The zero-order valence-electron chi connectivity index (χ0n) is 9.82. The van der Waals surface area contributed by atoms with Crippen LogP contribution in [0.5, 0.6) is 0 Å². The molecule has 0 bridgehead atoms. The van der Waals surface area contributed by atoms with Crippen molar-refractivity contribution in [1.29, 1.82) is 0 Å². The van der Waals surface area contributed by atoms with E-state index in [-0.39, 0.29) is 5.91 Å². The summed E-state index contributed by atoms with van der Waals surface area (Å²) >= 11 is 1.55. The van der Waals surface area contributed by atoms with Gasteiger partial charge in [-0.2, -0.15) is 0 Å². The Balaban J connectivity index is 2.07. The highest BCUT2D eigenvalue weighted by molar-refractivity contribution is 7.12. The molecule has 1 N–H and O–H groups in total. The Morgan fingerprint density at radius 2 is 2.44 bits per heavy atom. The summed E-state index contributed by atoms with van der Waals surface area (Å²) in [7, 11) is 1.97. The largest absolute Gasteiger partial charge is 0.336 e. The van der Waals surface area contributed by atoms with Crippen molar-refractivity contribution in [3.63, 3.8) is 0 Å². The molecule has 1 aliphatic rings. The highest BCUT2D eigenvalue weighted by Gasteiger charge is 2.24. The molecule has 1 aliphatic heterocycles. The van der Waals surface area contributed by atoms with Gasteiger partial charge in [0.05, 0.1) is 4.88 Å². The zero-order valence-corrected chi connectivity index (χ0v) is 10.6. The normalized spacial score (nSPS) is 21.1. The molecule has 2 heterocycles. The number of carbonyl (C=O) groups is 1. The number of hydrogen-bond donors (Lipinski definition) is 1. The van der Waals surface area contributed by atoms with E-state index in [0.29, 0.717) is 6.04 Å². The summed E-state index contributed by atoms with van der Waals surface area (Å²) in [5, 5.41) is 5.25. The molecule has 1 unspecified atom stereocenters. The Labute approximate surface area is 100 Å². The van der Waals surface area contributed by atoms with Crippen molar-refractivity contribution < 1.29 is 4.79 Å². The fraction of sp³-hybridized carbons (Fsp3) is 0.583. The molecular weight excluding hydrogens is 220 g/mol. The molecule has 2 rings (SSSR count). The molecule has 0 radical (unpaired) electrons. The Kier molecular flexibility index (Phi) is 3.61. The van der Waals surface area contributed by atoms with Gasteiger partial charge in [-0.1, -0.05) is 0 Å². The van der Waals surface area contributed by atoms with Gasteiger partial charge in [-0.3, -0.25) is 4.79 Å². The number of nitrogens with zero attached hydrogens (tertiary/aromatic N) is 1. The van der Waals surface area contributed by atoms with Crippen molar-refractivity contribution in [1.82, 2.24) is 10.2 Å². The lowest BCUT2D eigenvalue weighted by Gasteiger charge is -2.32. The topological polar surface area (TPSA) is 32.3 Å². The number of rotatable bonds is 2. The van der Waals surface area contributed by atoms with Gasteiger partial charge in [0.2, 0.25) is 0 Å². The van der Waals surface area contributed by atoms with Crippen molar-refractivity contribution in [3.05, 3.63) is 21.9 Å². The minimum atomic E-state index is 0.201. The molecule has 1 aromatic heterocycles. The number of thiophene rings is 1. The molecular formula is C12H18N2OS. The maximum atomic E-state index is 12.3. The maximum absolute atomic E-state index is 12.3. The van der Waals surface area contributed by atoms with E-state index in [2.05, 4.69) is 5.32 Å². The summed E-state index contributed by atoms with van der Waals surface area (Å²) in [6.07, 6.45) is 2.27. The second kappa shape index (κ2) is 4.97. The van der Waals surface area contributed by atoms with E-state index in [1.807, 2.05) is 30.3 Å². The number of likely N-dealkylation sites (N-methyl/N-ethyl adjacent to an activating group) is 1. The first-order valence-electron chi connectivity index (χ1n) is 5.73. The van der Waals surface area contributed by atoms with E-state index in [9.17, 15) is 4.79 Å². The molecule has 0 saturated carbocycles. The van der Waals surface area contributed by atoms with Gasteiger partial charge < -0.3 is 10.2 Å². The first-order valence-corrected chi connectivity index (χ1v) is 6.61. The molecule has 0 aliphatic carbocycles. The van der Waals surface area contributed by atoms with E-state index in [1.54, 1.807) is 11.3 Å². The zero-order chi connectivity index (χ0) is 11.5. The summed E-state index contributed by atoms with van der Waals surface area (Å²) in [5.41, 5.74) is 1.10. The van der Waals surface area contributed by atoms with Gasteiger partial charge in [0, 0.05) is 19.1 Å². The second-order valence-corrected chi connectivity index (χ2v) is 5.23.